The van der Waals surface area contributed by atoms with Crippen LogP contribution in [0.5, 0.6) is 0 Å². The van der Waals surface area contributed by atoms with Crippen molar-refractivity contribution in [3.8, 4) is 0 Å². The maximum absolute atomic E-state index is 4.17. The number of rotatable bonds is 4. The van der Waals surface area contributed by atoms with Crippen LogP contribution in [-0.2, 0) is 0 Å². The number of nitrogens with zero attached hydrogens (tertiary/aromatic N) is 2. The molecule has 6 heteroatoms. The van der Waals surface area contributed by atoms with Gasteiger partial charge in [0.05, 0.1) is 0 Å². The van der Waals surface area contributed by atoms with E-state index in [1.807, 2.05) is 0 Å². The van der Waals surface area contributed by atoms with E-state index >= 15 is 0 Å². The first-order valence-corrected chi connectivity index (χ1v) is 11.1. The summed E-state index contributed by atoms with van der Waals surface area (Å²) in [7, 11) is -2.64. The highest BCUT2D eigenvalue weighted by Gasteiger charge is 2.13. The monoisotopic (exact) mass is 204 g/mol. The maximum Gasteiger partial charge on any atom is 0.203 e. The molecule has 0 spiro atoms. The summed E-state index contributed by atoms with van der Waals surface area (Å²) in [6.45, 7) is 13.0. The van der Waals surface area contributed by atoms with Gasteiger partial charge in [-0.05, 0) is 19.6 Å². The molecule has 72 valence electrons. The summed E-state index contributed by atoms with van der Waals surface area (Å²) in [4.78, 5) is 0. The predicted octanol–water partition coefficient (Wildman–Crippen LogP) is 2.12. The van der Waals surface area contributed by atoms with Gasteiger partial charge in [-0.2, -0.15) is 0 Å². The van der Waals surface area contributed by atoms with Gasteiger partial charge >= 0.3 is 0 Å². The molecule has 0 radical (unpaired) electrons. The van der Waals surface area contributed by atoms with Crippen molar-refractivity contribution in [3.63, 3.8) is 0 Å². The van der Waals surface area contributed by atoms with E-state index in [4.69, 9.17) is 0 Å². The van der Waals surface area contributed by atoms with Crippen LogP contribution in [0.2, 0.25) is 39.3 Å². The molecule has 0 fully saturated rings. The molecule has 0 saturated heterocycles. The minimum absolute atomic E-state index is 1.25. The third kappa shape index (κ3) is 9.79. The van der Waals surface area contributed by atoms with E-state index in [1.165, 1.54) is 0 Å². The van der Waals surface area contributed by atoms with Gasteiger partial charge in [-0.15, -0.1) is 0 Å². The summed E-state index contributed by atoms with van der Waals surface area (Å²) < 4.78 is 4.17. The van der Waals surface area contributed by atoms with Gasteiger partial charge in [-0.1, -0.05) is 24.9 Å². The van der Waals surface area contributed by atoms with Crippen LogP contribution >= 0.6 is 0 Å². The molecule has 0 aromatic heterocycles. The number of nitrogens with one attached hydrogen (secondary N) is 2. The number of hydrogen-bond donors (Lipinski definition) is 2. The lowest BCUT2D eigenvalue weighted by atomic mass is 11.8. The fraction of sp³-hybridized carbons (Fsp3) is 1.00. The zero-order chi connectivity index (χ0) is 9.83. The van der Waals surface area contributed by atoms with Crippen molar-refractivity contribution in [2.75, 3.05) is 0 Å². The zero-order valence-corrected chi connectivity index (χ0v) is 10.9. The Hall–Kier alpha value is -0.206. The smallest absolute Gasteiger partial charge is 0.203 e. The molecule has 12 heavy (non-hydrogen) atoms. The van der Waals surface area contributed by atoms with Gasteiger partial charge in [0.1, 0.15) is 8.24 Å². The molecule has 0 aliphatic rings. The highest BCUT2D eigenvalue weighted by atomic mass is 28.3. The van der Waals surface area contributed by atoms with Crippen molar-refractivity contribution in [1.29, 1.82) is 0 Å². The molecule has 0 heterocycles. The number of hydrogen-bond acceptors (Lipinski definition) is 3. The topological polar surface area (TPSA) is 48.8 Å². The van der Waals surface area contributed by atoms with Gasteiger partial charge < -0.3 is 0 Å². The van der Waals surface area contributed by atoms with Crippen LogP contribution in [-0.4, -0.2) is 16.5 Å². The predicted molar refractivity (Wildman–Crippen MR) is 57.8 cm³/mol. The minimum Gasteiger partial charge on any atom is -0.242 e. The Morgan fingerprint density at radius 1 is 0.917 bits per heavy atom. The standard InChI is InChI=1S/C6H20N4Si2/c1-11(2,3)9-7-8-10-12(4,5)6/h1-6H3,(H,8,9)(H,7,10). The van der Waals surface area contributed by atoms with Gasteiger partial charge in [-0.3, -0.25) is 0 Å². The largest absolute Gasteiger partial charge is 0.242 e. The maximum atomic E-state index is 4.17. The lowest BCUT2D eigenvalue weighted by molar-refractivity contribution is 0.663. The molecule has 2 N–H and O–H groups in total. The number of hydrazine groups is 1. The molecule has 0 unspecified atom stereocenters. The molecule has 0 atom stereocenters. The summed E-state index contributed by atoms with van der Waals surface area (Å²) in [6.07, 6.45) is 0. The fourth-order valence-corrected chi connectivity index (χ4v) is 1.10. The first-order chi connectivity index (χ1) is 5.21. The molecule has 0 rings (SSSR count). The van der Waals surface area contributed by atoms with Crippen LogP contribution in [0.25, 0.3) is 0 Å². The summed E-state index contributed by atoms with van der Waals surface area (Å²) >= 11 is 0. The van der Waals surface area contributed by atoms with Crippen LogP contribution in [0.15, 0.2) is 10.0 Å². The van der Waals surface area contributed by atoms with E-state index in [9.17, 15) is 0 Å². The third-order valence-corrected chi connectivity index (χ3v) is 2.39. The van der Waals surface area contributed by atoms with Gasteiger partial charge in [-0.25, -0.2) is 15.4 Å². The first-order valence-electron chi connectivity index (χ1n) is 4.15. The summed E-state index contributed by atoms with van der Waals surface area (Å²) in [5.74, 6) is 0. The van der Waals surface area contributed by atoms with Crippen molar-refractivity contribution in [2.45, 2.75) is 39.3 Å². The molecule has 4 nitrogen and oxygen atoms in total. The molecule has 0 amide bonds. The molecule has 0 aromatic rings. The normalized spacial score (nSPS) is 13.8. The molecule has 0 bridgehead atoms. The van der Waals surface area contributed by atoms with Crippen molar-refractivity contribution in [1.82, 2.24) is 10.6 Å². The Labute approximate surface area is 77.0 Å². The Balaban J connectivity index is 3.64. The average molecular weight is 204 g/mol. The minimum atomic E-state index is -1.38. The first kappa shape index (κ1) is 11.8. The lowest BCUT2D eigenvalue weighted by Crippen LogP contribution is -2.47. The molecule has 0 saturated carbocycles. The quantitative estimate of drug-likeness (QED) is 0.419. The van der Waals surface area contributed by atoms with Gasteiger partial charge in [0.2, 0.25) is 8.24 Å². The fourth-order valence-electron chi connectivity index (χ4n) is 0.368. The van der Waals surface area contributed by atoms with E-state index in [1.54, 1.807) is 0 Å². The SMILES string of the molecule is C[Si](C)(C)/N=N/NN[Si](C)(C)C. The summed E-state index contributed by atoms with van der Waals surface area (Å²) in [6, 6.07) is 0. The van der Waals surface area contributed by atoms with Crippen molar-refractivity contribution >= 4 is 16.5 Å². The van der Waals surface area contributed by atoms with Crippen molar-refractivity contribution in [3.05, 3.63) is 0 Å². The van der Waals surface area contributed by atoms with E-state index in [-0.39, 0.29) is 0 Å². The van der Waals surface area contributed by atoms with Crippen LogP contribution in [0.4, 0.5) is 0 Å². The van der Waals surface area contributed by atoms with Crippen LogP contribution in [0.1, 0.15) is 0 Å². The second-order valence-corrected chi connectivity index (χ2v) is 14.1. The Bertz CT molecular complexity index is 156. The molecule has 0 aromatic carbocycles. The highest BCUT2D eigenvalue weighted by molar-refractivity contribution is 6.74. The van der Waals surface area contributed by atoms with Crippen LogP contribution < -0.4 is 10.6 Å². The Morgan fingerprint density at radius 3 is 1.75 bits per heavy atom. The van der Waals surface area contributed by atoms with E-state index in [2.05, 4.69) is 59.9 Å². The third-order valence-electron chi connectivity index (χ3n) is 0.831. The van der Waals surface area contributed by atoms with E-state index in [0.29, 0.717) is 0 Å². The van der Waals surface area contributed by atoms with Crippen molar-refractivity contribution < 1.29 is 0 Å². The van der Waals surface area contributed by atoms with Crippen LogP contribution in [0, 0.1) is 0 Å². The van der Waals surface area contributed by atoms with Crippen molar-refractivity contribution in [2.24, 2.45) is 10.0 Å². The summed E-state index contributed by atoms with van der Waals surface area (Å²) in [5, 5.41) is 7.03. The molecular formula is C6H20N4Si2. The zero-order valence-electron chi connectivity index (χ0n) is 8.89. The lowest BCUT2D eigenvalue weighted by Gasteiger charge is -2.16. The van der Waals surface area contributed by atoms with Gasteiger partial charge in [0.25, 0.3) is 0 Å². The average Bonchev–Trinajstić information content (AvgIpc) is 1.76. The molecule has 0 aliphatic carbocycles. The molecular weight excluding hydrogens is 184 g/mol. The van der Waals surface area contributed by atoms with E-state index in [0.717, 1.165) is 0 Å². The molecule has 0 aliphatic heterocycles. The van der Waals surface area contributed by atoms with E-state index < -0.39 is 16.5 Å². The highest BCUT2D eigenvalue weighted by Crippen LogP contribution is 2.00. The Morgan fingerprint density at radius 2 is 1.42 bits per heavy atom. The van der Waals surface area contributed by atoms with Crippen LogP contribution in [0.3, 0.4) is 0 Å². The second-order valence-electron chi connectivity index (χ2n) is 4.86. The second kappa shape index (κ2) is 4.15. The van der Waals surface area contributed by atoms with Gasteiger partial charge in [0.15, 0.2) is 0 Å². The van der Waals surface area contributed by atoms with Gasteiger partial charge in [0, 0.05) is 0 Å². The Kier molecular flexibility index (Phi) is 4.08. The summed E-state index contributed by atoms with van der Waals surface area (Å²) in [5.41, 5.74) is 2.79.